The topological polar surface area (TPSA) is 89.5 Å². The van der Waals surface area contributed by atoms with Crippen LogP contribution in [0.15, 0.2) is 48.5 Å². The zero-order chi connectivity index (χ0) is 14.7. The highest BCUT2D eigenvalue weighted by atomic mass is 35.5. The van der Waals surface area contributed by atoms with E-state index in [2.05, 4.69) is 0 Å². The van der Waals surface area contributed by atoms with Gasteiger partial charge in [0.2, 0.25) is 5.69 Å². The van der Waals surface area contributed by atoms with E-state index < -0.39 is 21.2 Å². The second kappa shape index (κ2) is 5.54. The molecule has 20 heavy (non-hydrogen) atoms. The summed E-state index contributed by atoms with van der Waals surface area (Å²) in [4.78, 5) is 20.6. The fraction of sp³-hybridized carbons (Fsp3) is 0. The van der Waals surface area contributed by atoms with Crippen LogP contribution in [0, 0.1) is 20.2 Å². The van der Waals surface area contributed by atoms with Gasteiger partial charge in [-0.3, -0.25) is 20.2 Å². The lowest BCUT2D eigenvalue weighted by Gasteiger charge is -2.15. The van der Waals surface area contributed by atoms with Crippen molar-refractivity contribution in [1.29, 1.82) is 0 Å². The summed E-state index contributed by atoms with van der Waals surface area (Å²) in [5.41, 5.74) is -0.738. The standard InChI is InChI=1S/C12H8ClN3O4/c13-14(9-5-2-1-3-6-9)12-10(15(17)18)7-4-8-11(12)16(19)20/h1-8H. The maximum absolute atomic E-state index is 11.0. The first-order valence-corrected chi connectivity index (χ1v) is 5.79. The Morgan fingerprint density at radius 2 is 1.35 bits per heavy atom. The van der Waals surface area contributed by atoms with Crippen LogP contribution in [0.3, 0.4) is 0 Å². The Morgan fingerprint density at radius 1 is 0.850 bits per heavy atom. The van der Waals surface area contributed by atoms with Crippen LogP contribution in [0.4, 0.5) is 22.7 Å². The largest absolute Gasteiger partial charge is 0.301 e. The summed E-state index contributed by atoms with van der Waals surface area (Å²) < 4.78 is 0.913. The third kappa shape index (κ3) is 2.52. The summed E-state index contributed by atoms with van der Waals surface area (Å²) >= 11 is 6.05. The monoisotopic (exact) mass is 293 g/mol. The van der Waals surface area contributed by atoms with Gasteiger partial charge in [0.05, 0.1) is 15.5 Å². The first kappa shape index (κ1) is 13.8. The number of halogens is 1. The van der Waals surface area contributed by atoms with Crippen molar-refractivity contribution in [3.05, 3.63) is 68.8 Å². The van der Waals surface area contributed by atoms with Gasteiger partial charge >= 0.3 is 11.4 Å². The minimum absolute atomic E-state index is 0.268. The molecule has 2 rings (SSSR count). The first-order chi connectivity index (χ1) is 9.52. The number of nitrogens with zero attached hydrogens (tertiary/aromatic N) is 3. The molecule has 0 radical (unpaired) electrons. The van der Waals surface area contributed by atoms with Gasteiger partial charge in [-0.05, 0) is 18.2 Å². The molecule has 0 fully saturated rings. The van der Waals surface area contributed by atoms with Crippen molar-refractivity contribution in [2.75, 3.05) is 4.42 Å². The number of nitro groups is 2. The molecule has 102 valence electrons. The van der Waals surface area contributed by atoms with Crippen molar-refractivity contribution < 1.29 is 9.85 Å². The molecule has 0 aliphatic heterocycles. The Kier molecular flexibility index (Phi) is 3.81. The van der Waals surface area contributed by atoms with E-state index in [1.807, 2.05) is 0 Å². The van der Waals surface area contributed by atoms with Gasteiger partial charge in [0.25, 0.3) is 0 Å². The molecule has 0 aliphatic rings. The molecule has 0 saturated carbocycles. The van der Waals surface area contributed by atoms with Gasteiger partial charge < -0.3 is 0 Å². The minimum atomic E-state index is -0.708. The second-order valence-corrected chi connectivity index (χ2v) is 4.11. The van der Waals surface area contributed by atoms with Gasteiger partial charge in [-0.1, -0.05) is 18.2 Å². The molecule has 0 N–H and O–H groups in total. The molecule has 7 nitrogen and oxygen atoms in total. The van der Waals surface area contributed by atoms with E-state index in [1.54, 1.807) is 30.3 Å². The van der Waals surface area contributed by atoms with Crippen LogP contribution in [0.1, 0.15) is 0 Å². The Balaban J connectivity index is 2.64. The molecule has 0 aliphatic carbocycles. The third-order valence-electron chi connectivity index (χ3n) is 2.57. The molecular formula is C12H8ClN3O4. The van der Waals surface area contributed by atoms with Crippen LogP contribution in [0.5, 0.6) is 0 Å². The molecule has 2 aromatic rings. The van der Waals surface area contributed by atoms with Crippen LogP contribution in [0.25, 0.3) is 0 Å². The van der Waals surface area contributed by atoms with Gasteiger partial charge in [-0.25, -0.2) is 4.42 Å². The third-order valence-corrected chi connectivity index (χ3v) is 2.93. The molecule has 0 saturated heterocycles. The van der Waals surface area contributed by atoms with Crippen molar-refractivity contribution in [1.82, 2.24) is 0 Å². The molecule has 0 unspecified atom stereocenters. The van der Waals surface area contributed by atoms with E-state index in [9.17, 15) is 20.2 Å². The smallest absolute Gasteiger partial charge is 0.258 e. The lowest BCUT2D eigenvalue weighted by atomic mass is 10.2. The summed E-state index contributed by atoms with van der Waals surface area (Å²) in [5.74, 6) is 0. The summed E-state index contributed by atoms with van der Waals surface area (Å²) in [6.07, 6.45) is 0. The first-order valence-electron chi connectivity index (χ1n) is 5.45. The lowest BCUT2D eigenvalue weighted by molar-refractivity contribution is -0.392. The molecule has 0 bridgehead atoms. The van der Waals surface area contributed by atoms with Crippen LogP contribution in [-0.4, -0.2) is 9.85 Å². The van der Waals surface area contributed by atoms with Crippen LogP contribution in [0.2, 0.25) is 0 Å². The predicted octanol–water partition coefficient (Wildman–Crippen LogP) is 3.79. The predicted molar refractivity (Wildman–Crippen MR) is 74.2 cm³/mol. The number of benzene rings is 2. The fourth-order valence-corrected chi connectivity index (χ4v) is 1.99. The second-order valence-electron chi connectivity index (χ2n) is 3.78. The normalized spacial score (nSPS) is 10.1. The Labute approximate surface area is 118 Å². The van der Waals surface area contributed by atoms with Crippen molar-refractivity contribution in [3.8, 4) is 0 Å². The van der Waals surface area contributed by atoms with Crippen molar-refractivity contribution in [2.24, 2.45) is 0 Å². The van der Waals surface area contributed by atoms with Crippen molar-refractivity contribution in [2.45, 2.75) is 0 Å². The SMILES string of the molecule is O=[N+]([O-])c1cccc([N+](=O)[O-])c1N(Cl)c1ccccc1. The summed E-state index contributed by atoms with van der Waals surface area (Å²) in [6.45, 7) is 0. The molecular weight excluding hydrogens is 286 g/mol. The molecule has 0 amide bonds. The summed E-state index contributed by atoms with van der Waals surface area (Å²) in [7, 11) is 0. The number of hydrogen-bond donors (Lipinski definition) is 0. The maximum Gasteiger partial charge on any atom is 0.301 e. The molecule has 0 aromatic heterocycles. The van der Waals surface area contributed by atoms with Gasteiger partial charge in [-0.2, -0.15) is 0 Å². The Hall–Kier alpha value is -2.67. The highest BCUT2D eigenvalue weighted by Gasteiger charge is 2.29. The van der Waals surface area contributed by atoms with E-state index in [0.717, 1.165) is 4.42 Å². The Bertz CT molecular complexity index is 631. The molecule has 8 heteroatoms. The summed E-state index contributed by atoms with van der Waals surface area (Å²) in [5, 5.41) is 22.1. The molecule has 2 aromatic carbocycles. The summed E-state index contributed by atoms with van der Waals surface area (Å²) in [6, 6.07) is 11.8. The number of anilines is 2. The fourth-order valence-electron chi connectivity index (χ4n) is 1.70. The van der Waals surface area contributed by atoms with Crippen LogP contribution < -0.4 is 4.42 Å². The molecule has 0 atom stereocenters. The van der Waals surface area contributed by atoms with Gasteiger partial charge in [0, 0.05) is 23.9 Å². The number of nitro benzene ring substituents is 2. The quantitative estimate of drug-likeness (QED) is 0.486. The maximum atomic E-state index is 11.0. The number of para-hydroxylation sites is 2. The highest BCUT2D eigenvalue weighted by molar-refractivity contribution is 6.30. The van der Waals surface area contributed by atoms with Crippen LogP contribution in [-0.2, 0) is 0 Å². The van der Waals surface area contributed by atoms with E-state index in [4.69, 9.17) is 11.8 Å². The van der Waals surface area contributed by atoms with E-state index in [-0.39, 0.29) is 5.69 Å². The zero-order valence-electron chi connectivity index (χ0n) is 9.97. The minimum Gasteiger partial charge on any atom is -0.258 e. The van der Waals surface area contributed by atoms with E-state index in [0.29, 0.717) is 5.69 Å². The van der Waals surface area contributed by atoms with Crippen molar-refractivity contribution >= 4 is 34.5 Å². The van der Waals surface area contributed by atoms with E-state index >= 15 is 0 Å². The highest BCUT2D eigenvalue weighted by Crippen LogP contribution is 2.41. The Morgan fingerprint density at radius 3 is 1.80 bits per heavy atom. The average Bonchev–Trinajstić information content (AvgIpc) is 2.46. The van der Waals surface area contributed by atoms with Crippen LogP contribution >= 0.6 is 11.8 Å². The van der Waals surface area contributed by atoms with Gasteiger partial charge in [0.15, 0.2) is 0 Å². The van der Waals surface area contributed by atoms with E-state index in [1.165, 1.54) is 18.2 Å². The average molecular weight is 294 g/mol. The van der Waals surface area contributed by atoms with Gasteiger partial charge in [-0.15, -0.1) is 0 Å². The zero-order valence-corrected chi connectivity index (χ0v) is 10.7. The van der Waals surface area contributed by atoms with Crippen molar-refractivity contribution in [3.63, 3.8) is 0 Å². The number of rotatable bonds is 4. The van der Waals surface area contributed by atoms with Gasteiger partial charge in [0.1, 0.15) is 0 Å². The number of hydrogen-bond acceptors (Lipinski definition) is 5. The molecule has 0 spiro atoms. The lowest BCUT2D eigenvalue weighted by Crippen LogP contribution is -2.08. The molecule has 0 heterocycles.